The van der Waals surface area contributed by atoms with Gasteiger partial charge in [0.15, 0.2) is 0 Å². The van der Waals surface area contributed by atoms with Crippen LogP contribution >= 0.6 is 0 Å². The monoisotopic (exact) mass is 285 g/mol. The Morgan fingerprint density at radius 3 is 2.90 bits per heavy atom. The van der Waals surface area contributed by atoms with Gasteiger partial charge in [-0.25, -0.2) is 0 Å². The maximum atomic E-state index is 12.5. The summed E-state index contributed by atoms with van der Waals surface area (Å²) in [4.78, 5) is 16.2. The fourth-order valence-electron chi connectivity index (χ4n) is 3.02. The largest absolute Gasteiger partial charge is 0.378 e. The minimum Gasteiger partial charge on any atom is -0.378 e. The van der Waals surface area contributed by atoms with Gasteiger partial charge in [0.25, 0.3) is 5.91 Å². The fraction of sp³-hybridized carbons (Fsp3) is 0.500. The second-order valence-corrected chi connectivity index (χ2v) is 5.79. The summed E-state index contributed by atoms with van der Waals surface area (Å²) in [6.07, 6.45) is 2.05. The molecule has 0 spiro atoms. The number of hydrogen-bond donors (Lipinski definition) is 0. The van der Waals surface area contributed by atoms with E-state index < -0.39 is 6.04 Å². The first-order valence-electron chi connectivity index (χ1n) is 7.25. The van der Waals surface area contributed by atoms with Crippen LogP contribution in [0, 0.1) is 11.3 Å². The van der Waals surface area contributed by atoms with Crippen LogP contribution in [0.1, 0.15) is 34.8 Å². The lowest BCUT2D eigenvalue weighted by Crippen LogP contribution is -2.34. The molecule has 2 heterocycles. The van der Waals surface area contributed by atoms with Crippen molar-refractivity contribution < 1.29 is 9.53 Å². The Morgan fingerprint density at radius 1 is 1.48 bits per heavy atom. The third-order valence-electron chi connectivity index (χ3n) is 4.20. The molecule has 21 heavy (non-hydrogen) atoms. The molecule has 1 aromatic carbocycles. The molecule has 0 aliphatic carbocycles. The first-order valence-corrected chi connectivity index (χ1v) is 7.25. The lowest BCUT2D eigenvalue weighted by atomic mass is 10.0. The van der Waals surface area contributed by atoms with E-state index in [1.54, 1.807) is 4.90 Å². The number of carbonyl (C=O) groups excluding carboxylic acids is 1. The molecule has 0 N–H and O–H groups in total. The van der Waals surface area contributed by atoms with E-state index >= 15 is 0 Å². The summed E-state index contributed by atoms with van der Waals surface area (Å²) in [5, 5.41) is 9.51. The van der Waals surface area contributed by atoms with Crippen LogP contribution in [0.5, 0.6) is 0 Å². The van der Waals surface area contributed by atoms with Crippen LogP contribution < -0.4 is 4.90 Å². The van der Waals surface area contributed by atoms with Gasteiger partial charge in [-0.15, -0.1) is 0 Å². The molecule has 2 unspecified atom stereocenters. The molecule has 1 amide bonds. The van der Waals surface area contributed by atoms with Crippen molar-refractivity contribution in [2.75, 3.05) is 32.1 Å². The number of benzene rings is 1. The van der Waals surface area contributed by atoms with E-state index in [0.717, 1.165) is 30.7 Å². The SMILES string of the molecule is CN(C)c1ccc2c(c1)C(C#N)N(CC1CCCO1)C2=O. The number of amides is 1. The van der Waals surface area contributed by atoms with Gasteiger partial charge in [0, 0.05) is 44.1 Å². The van der Waals surface area contributed by atoms with Crippen LogP contribution in [0.3, 0.4) is 0 Å². The average Bonchev–Trinajstić information content (AvgIpc) is 3.07. The molecule has 2 aliphatic rings. The smallest absolute Gasteiger partial charge is 0.255 e. The molecular weight excluding hydrogens is 266 g/mol. The van der Waals surface area contributed by atoms with Crippen molar-refractivity contribution in [3.63, 3.8) is 0 Å². The van der Waals surface area contributed by atoms with E-state index in [4.69, 9.17) is 4.74 Å². The number of rotatable bonds is 3. The Hall–Kier alpha value is -2.06. The van der Waals surface area contributed by atoms with Gasteiger partial charge in [0.05, 0.1) is 12.2 Å². The average molecular weight is 285 g/mol. The highest BCUT2D eigenvalue weighted by molar-refractivity contribution is 6.00. The van der Waals surface area contributed by atoms with Crippen LogP contribution in [0.25, 0.3) is 0 Å². The van der Waals surface area contributed by atoms with Crippen LogP contribution in [0.4, 0.5) is 5.69 Å². The van der Waals surface area contributed by atoms with E-state index in [-0.39, 0.29) is 12.0 Å². The highest BCUT2D eigenvalue weighted by atomic mass is 16.5. The van der Waals surface area contributed by atoms with Gasteiger partial charge in [-0.3, -0.25) is 4.79 Å². The maximum absolute atomic E-state index is 12.5. The summed E-state index contributed by atoms with van der Waals surface area (Å²) in [5.74, 6) is -0.0580. The van der Waals surface area contributed by atoms with Gasteiger partial charge in [0.1, 0.15) is 6.04 Å². The normalized spacial score (nSPS) is 24.0. The topological polar surface area (TPSA) is 56.6 Å². The minimum atomic E-state index is -0.503. The molecule has 0 aromatic heterocycles. The van der Waals surface area contributed by atoms with Gasteiger partial charge >= 0.3 is 0 Å². The first kappa shape index (κ1) is 13.9. The first-order chi connectivity index (χ1) is 10.1. The van der Waals surface area contributed by atoms with E-state index in [9.17, 15) is 10.1 Å². The van der Waals surface area contributed by atoms with E-state index in [0.29, 0.717) is 12.1 Å². The zero-order valence-corrected chi connectivity index (χ0v) is 12.4. The van der Waals surface area contributed by atoms with Crippen LogP contribution in [-0.2, 0) is 4.74 Å². The quantitative estimate of drug-likeness (QED) is 0.852. The van der Waals surface area contributed by atoms with Crippen molar-refractivity contribution in [1.82, 2.24) is 4.90 Å². The summed E-state index contributed by atoms with van der Waals surface area (Å²) in [5.41, 5.74) is 2.46. The van der Waals surface area contributed by atoms with Gasteiger partial charge in [-0.2, -0.15) is 5.26 Å². The van der Waals surface area contributed by atoms with Gasteiger partial charge in [-0.05, 0) is 31.0 Å². The van der Waals surface area contributed by atoms with E-state index in [2.05, 4.69) is 6.07 Å². The lowest BCUT2D eigenvalue weighted by molar-refractivity contribution is 0.0511. The Morgan fingerprint density at radius 2 is 2.29 bits per heavy atom. The zero-order chi connectivity index (χ0) is 15.0. The van der Waals surface area contributed by atoms with Crippen molar-refractivity contribution in [1.29, 1.82) is 5.26 Å². The number of ether oxygens (including phenoxy) is 1. The lowest BCUT2D eigenvalue weighted by Gasteiger charge is -2.23. The molecule has 2 aliphatic heterocycles. The number of hydrogen-bond acceptors (Lipinski definition) is 4. The van der Waals surface area contributed by atoms with Crippen molar-refractivity contribution in [2.24, 2.45) is 0 Å². The molecule has 5 nitrogen and oxygen atoms in total. The van der Waals surface area contributed by atoms with Crippen molar-refractivity contribution >= 4 is 11.6 Å². The van der Waals surface area contributed by atoms with Crippen molar-refractivity contribution in [2.45, 2.75) is 25.0 Å². The third-order valence-corrected chi connectivity index (χ3v) is 4.20. The summed E-state index contributed by atoms with van der Waals surface area (Å²) < 4.78 is 5.61. The third kappa shape index (κ3) is 2.36. The van der Waals surface area contributed by atoms with E-state index in [1.807, 2.05) is 37.2 Å². The molecule has 0 saturated carbocycles. The Kier molecular flexibility index (Phi) is 3.56. The molecule has 1 aromatic rings. The van der Waals surface area contributed by atoms with Gasteiger partial charge in [0.2, 0.25) is 0 Å². The van der Waals surface area contributed by atoms with Crippen LogP contribution in [0.15, 0.2) is 18.2 Å². The Balaban J connectivity index is 1.91. The molecule has 1 fully saturated rings. The van der Waals surface area contributed by atoms with Gasteiger partial charge < -0.3 is 14.5 Å². The summed E-state index contributed by atoms with van der Waals surface area (Å²) in [6, 6.07) is 7.45. The molecule has 3 rings (SSSR count). The Bertz CT molecular complexity index is 600. The predicted molar refractivity (Wildman–Crippen MR) is 79.1 cm³/mol. The van der Waals surface area contributed by atoms with Crippen molar-refractivity contribution in [3.8, 4) is 6.07 Å². The van der Waals surface area contributed by atoms with Gasteiger partial charge in [-0.1, -0.05) is 0 Å². The molecular formula is C16H19N3O2. The fourth-order valence-corrected chi connectivity index (χ4v) is 3.02. The van der Waals surface area contributed by atoms with E-state index in [1.165, 1.54) is 0 Å². The molecule has 110 valence electrons. The zero-order valence-electron chi connectivity index (χ0n) is 12.4. The molecule has 2 atom stereocenters. The molecule has 0 bridgehead atoms. The van der Waals surface area contributed by atoms with Crippen LogP contribution in [-0.4, -0.2) is 44.2 Å². The second-order valence-electron chi connectivity index (χ2n) is 5.79. The van der Waals surface area contributed by atoms with Crippen LogP contribution in [0.2, 0.25) is 0 Å². The number of fused-ring (bicyclic) bond motifs is 1. The Labute approximate surface area is 124 Å². The predicted octanol–water partition coefficient (Wildman–Crippen LogP) is 1.95. The highest BCUT2D eigenvalue weighted by Crippen LogP contribution is 2.36. The second kappa shape index (κ2) is 5.38. The standard InChI is InChI=1S/C16H19N3O2/c1-18(2)11-5-6-13-14(8-11)15(9-17)19(16(13)20)10-12-4-3-7-21-12/h5-6,8,12,15H,3-4,7,10H2,1-2H3. The molecule has 1 saturated heterocycles. The number of nitrogens with zero attached hydrogens (tertiary/aromatic N) is 3. The maximum Gasteiger partial charge on any atom is 0.255 e. The summed E-state index contributed by atoms with van der Waals surface area (Å²) >= 11 is 0. The highest BCUT2D eigenvalue weighted by Gasteiger charge is 2.38. The minimum absolute atomic E-state index is 0.0580. The number of anilines is 1. The molecule has 0 radical (unpaired) electrons. The molecule has 5 heteroatoms. The van der Waals surface area contributed by atoms with Crippen molar-refractivity contribution in [3.05, 3.63) is 29.3 Å². The summed E-state index contributed by atoms with van der Waals surface area (Å²) in [6.45, 7) is 1.25. The number of nitriles is 1. The summed E-state index contributed by atoms with van der Waals surface area (Å²) in [7, 11) is 3.90. The number of carbonyl (C=O) groups is 1.